The molecule has 0 amide bonds. The van der Waals surface area contributed by atoms with Crippen LogP contribution in [0.1, 0.15) is 129 Å². The van der Waals surface area contributed by atoms with Crippen LogP contribution in [0.3, 0.4) is 0 Å². The first-order chi connectivity index (χ1) is 12.3. The average molecular weight is 357 g/mol. The molecule has 1 N–H and O–H groups in total. The van der Waals surface area contributed by atoms with Crippen molar-refractivity contribution in [1.29, 1.82) is 0 Å². The highest BCUT2D eigenvalue weighted by molar-refractivity contribution is 4.57. The number of unbranched alkanes of at least 4 members (excludes halogenated alkanes) is 15. The van der Waals surface area contributed by atoms with Crippen LogP contribution in [0, 0.1) is 0 Å². The first kappa shape index (κ1) is 24.9. The first-order valence-electron chi connectivity index (χ1n) is 11.6. The second-order valence-electron chi connectivity index (χ2n) is 7.77. The Morgan fingerprint density at radius 2 is 0.960 bits per heavy atom. The van der Waals surface area contributed by atoms with Crippen molar-refractivity contribution in [3.63, 3.8) is 0 Å². The molecule has 0 aliphatic carbocycles. The molecule has 0 rings (SSSR count). The summed E-state index contributed by atoms with van der Waals surface area (Å²) >= 11 is 0. The summed E-state index contributed by atoms with van der Waals surface area (Å²) in [7, 11) is 0. The summed E-state index contributed by atoms with van der Waals surface area (Å²) in [4.78, 5) is 0. The van der Waals surface area contributed by atoms with Gasteiger partial charge in [0.15, 0.2) is 0 Å². The lowest BCUT2D eigenvalue weighted by molar-refractivity contribution is 0.00500. The molecule has 0 bridgehead atoms. The van der Waals surface area contributed by atoms with E-state index in [0.717, 1.165) is 19.4 Å². The van der Waals surface area contributed by atoms with Gasteiger partial charge in [-0.05, 0) is 12.8 Å². The van der Waals surface area contributed by atoms with Crippen LogP contribution in [-0.2, 0) is 4.74 Å². The van der Waals surface area contributed by atoms with Gasteiger partial charge in [-0.1, -0.05) is 117 Å². The highest BCUT2D eigenvalue weighted by Gasteiger charge is 2.07. The Hall–Kier alpha value is -0.0800. The van der Waals surface area contributed by atoms with Crippen LogP contribution >= 0.6 is 0 Å². The third-order valence-corrected chi connectivity index (χ3v) is 5.18. The van der Waals surface area contributed by atoms with Crippen molar-refractivity contribution in [3.05, 3.63) is 0 Å². The molecule has 0 spiro atoms. The van der Waals surface area contributed by atoms with E-state index in [-0.39, 0.29) is 12.7 Å². The lowest BCUT2D eigenvalue weighted by atomic mass is 10.0. The molecule has 0 aromatic rings. The van der Waals surface area contributed by atoms with E-state index in [9.17, 15) is 5.11 Å². The minimum absolute atomic E-state index is 0.0781. The Morgan fingerprint density at radius 3 is 1.40 bits per heavy atom. The zero-order valence-electron chi connectivity index (χ0n) is 17.6. The lowest BCUT2D eigenvalue weighted by Gasteiger charge is -2.15. The van der Waals surface area contributed by atoms with Crippen molar-refractivity contribution in [3.8, 4) is 0 Å². The van der Waals surface area contributed by atoms with Gasteiger partial charge in [0.2, 0.25) is 0 Å². The van der Waals surface area contributed by atoms with Crippen LogP contribution in [0.25, 0.3) is 0 Å². The van der Waals surface area contributed by atoms with Gasteiger partial charge in [-0.25, -0.2) is 0 Å². The van der Waals surface area contributed by atoms with Crippen molar-refractivity contribution in [2.45, 2.75) is 136 Å². The lowest BCUT2D eigenvalue weighted by Crippen LogP contribution is -2.18. The molecule has 0 saturated carbocycles. The maximum absolute atomic E-state index is 9.39. The SMILES string of the molecule is CCCCCCCCCCCCCCCC(CO)OCCCCCC. The molecule has 0 aliphatic rings. The van der Waals surface area contributed by atoms with Crippen LogP contribution in [0.5, 0.6) is 0 Å². The van der Waals surface area contributed by atoms with E-state index in [1.807, 2.05) is 0 Å². The summed E-state index contributed by atoms with van der Waals surface area (Å²) in [5.41, 5.74) is 0. The monoisotopic (exact) mass is 356 g/mol. The van der Waals surface area contributed by atoms with Crippen LogP contribution in [0.15, 0.2) is 0 Å². The van der Waals surface area contributed by atoms with Gasteiger partial charge in [0.05, 0.1) is 12.7 Å². The summed E-state index contributed by atoms with van der Waals surface area (Å²) in [6.45, 7) is 5.52. The van der Waals surface area contributed by atoms with E-state index in [1.165, 1.54) is 103 Å². The van der Waals surface area contributed by atoms with Gasteiger partial charge in [-0.3, -0.25) is 0 Å². The van der Waals surface area contributed by atoms with Crippen molar-refractivity contribution < 1.29 is 9.84 Å². The molecular formula is C23H48O2. The van der Waals surface area contributed by atoms with Crippen molar-refractivity contribution >= 4 is 0 Å². The van der Waals surface area contributed by atoms with Gasteiger partial charge in [0.25, 0.3) is 0 Å². The fourth-order valence-electron chi connectivity index (χ4n) is 3.40. The number of aliphatic hydroxyl groups is 1. The van der Waals surface area contributed by atoms with Crippen LogP contribution in [0.2, 0.25) is 0 Å². The normalized spacial score (nSPS) is 12.6. The number of rotatable bonds is 21. The summed E-state index contributed by atoms with van der Waals surface area (Å²) in [6, 6.07) is 0. The number of aliphatic hydroxyl groups excluding tert-OH is 1. The molecule has 0 aliphatic heterocycles. The predicted octanol–water partition coefficient (Wildman–Crippen LogP) is 7.43. The second-order valence-corrected chi connectivity index (χ2v) is 7.77. The molecule has 0 heterocycles. The molecule has 0 saturated heterocycles. The van der Waals surface area contributed by atoms with Crippen molar-refractivity contribution in [2.24, 2.45) is 0 Å². The van der Waals surface area contributed by atoms with Gasteiger partial charge < -0.3 is 9.84 Å². The van der Waals surface area contributed by atoms with Crippen LogP contribution in [-0.4, -0.2) is 24.4 Å². The zero-order chi connectivity index (χ0) is 18.4. The molecule has 0 aromatic heterocycles. The standard InChI is InChI=1S/C23H48O2/c1-3-5-7-9-10-11-12-13-14-15-16-17-18-20-23(22-24)25-21-19-8-6-4-2/h23-24H,3-22H2,1-2H3. The first-order valence-corrected chi connectivity index (χ1v) is 11.6. The Labute approximate surface area is 159 Å². The van der Waals surface area contributed by atoms with Crippen LogP contribution < -0.4 is 0 Å². The third kappa shape index (κ3) is 20.1. The molecule has 0 radical (unpaired) electrons. The van der Waals surface area contributed by atoms with Crippen LogP contribution in [0.4, 0.5) is 0 Å². The molecule has 0 fully saturated rings. The molecule has 1 atom stereocenters. The van der Waals surface area contributed by atoms with Crippen molar-refractivity contribution in [1.82, 2.24) is 0 Å². The maximum Gasteiger partial charge on any atom is 0.0805 e. The molecule has 25 heavy (non-hydrogen) atoms. The van der Waals surface area contributed by atoms with E-state index < -0.39 is 0 Å². The summed E-state index contributed by atoms with van der Waals surface area (Å²) in [5.74, 6) is 0. The van der Waals surface area contributed by atoms with Gasteiger partial charge in [0.1, 0.15) is 0 Å². The van der Waals surface area contributed by atoms with E-state index in [1.54, 1.807) is 0 Å². The van der Waals surface area contributed by atoms with E-state index >= 15 is 0 Å². The van der Waals surface area contributed by atoms with Gasteiger partial charge in [-0.15, -0.1) is 0 Å². The van der Waals surface area contributed by atoms with Gasteiger partial charge in [-0.2, -0.15) is 0 Å². The molecule has 1 unspecified atom stereocenters. The smallest absolute Gasteiger partial charge is 0.0805 e. The maximum atomic E-state index is 9.39. The van der Waals surface area contributed by atoms with Gasteiger partial charge >= 0.3 is 0 Å². The molecular weight excluding hydrogens is 308 g/mol. The van der Waals surface area contributed by atoms with E-state index in [2.05, 4.69) is 13.8 Å². The Balaban J connectivity index is 3.22. The largest absolute Gasteiger partial charge is 0.394 e. The van der Waals surface area contributed by atoms with Crippen molar-refractivity contribution in [2.75, 3.05) is 13.2 Å². The highest BCUT2D eigenvalue weighted by atomic mass is 16.5. The van der Waals surface area contributed by atoms with E-state index in [0.29, 0.717) is 0 Å². The minimum atomic E-state index is 0.0781. The quantitative estimate of drug-likeness (QED) is 0.217. The number of hydrogen-bond donors (Lipinski definition) is 1. The number of ether oxygens (including phenoxy) is 1. The zero-order valence-corrected chi connectivity index (χ0v) is 17.6. The predicted molar refractivity (Wildman–Crippen MR) is 111 cm³/mol. The highest BCUT2D eigenvalue weighted by Crippen LogP contribution is 2.14. The van der Waals surface area contributed by atoms with Gasteiger partial charge in [0, 0.05) is 6.61 Å². The molecule has 2 nitrogen and oxygen atoms in total. The fourth-order valence-corrected chi connectivity index (χ4v) is 3.40. The Morgan fingerprint density at radius 1 is 0.560 bits per heavy atom. The number of hydrogen-bond acceptors (Lipinski definition) is 2. The topological polar surface area (TPSA) is 29.5 Å². The third-order valence-electron chi connectivity index (χ3n) is 5.18. The molecule has 2 heteroatoms. The molecule has 152 valence electrons. The van der Waals surface area contributed by atoms with E-state index in [4.69, 9.17) is 4.74 Å². The summed E-state index contributed by atoms with van der Waals surface area (Å²) < 4.78 is 5.79. The fraction of sp³-hybridized carbons (Fsp3) is 1.00. The summed E-state index contributed by atoms with van der Waals surface area (Å²) in [6.07, 6.45) is 24.1. The minimum Gasteiger partial charge on any atom is -0.394 e. The summed E-state index contributed by atoms with van der Waals surface area (Å²) in [5, 5.41) is 9.39. The average Bonchev–Trinajstić information content (AvgIpc) is 2.63. The Bertz CT molecular complexity index is 230. The Kier molecular flexibility index (Phi) is 21.9. The molecule has 0 aromatic carbocycles. The second kappa shape index (κ2) is 22.0.